The molecule has 0 radical (unpaired) electrons. The van der Waals surface area contributed by atoms with Crippen LogP contribution in [0.2, 0.25) is 0 Å². The summed E-state index contributed by atoms with van der Waals surface area (Å²) in [5, 5.41) is 3.55. The first kappa shape index (κ1) is 12.5. The van der Waals surface area contributed by atoms with E-state index in [1.807, 2.05) is 18.5 Å². The van der Waals surface area contributed by atoms with Crippen molar-refractivity contribution in [2.45, 2.75) is 38.8 Å². The Kier molecular flexibility index (Phi) is 4.51. The molecule has 1 fully saturated rings. The average Bonchev–Trinajstić information content (AvgIpc) is 2.76. The van der Waals surface area contributed by atoms with Gasteiger partial charge in [-0.2, -0.15) is 0 Å². The highest BCUT2D eigenvalue weighted by molar-refractivity contribution is 5.11. The normalized spacial score (nSPS) is 26.0. The number of likely N-dealkylation sites (N-methyl/N-ethyl adjacent to an activating group) is 1. The van der Waals surface area contributed by atoms with E-state index in [0.717, 1.165) is 19.6 Å². The highest BCUT2D eigenvalue weighted by Crippen LogP contribution is 2.24. The molecule has 1 saturated heterocycles. The lowest BCUT2D eigenvalue weighted by Crippen LogP contribution is -2.43. The van der Waals surface area contributed by atoms with Gasteiger partial charge in [-0.05, 0) is 36.9 Å². The molecule has 0 saturated carbocycles. The van der Waals surface area contributed by atoms with Gasteiger partial charge >= 0.3 is 0 Å². The van der Waals surface area contributed by atoms with Crippen LogP contribution in [0.5, 0.6) is 0 Å². The molecular weight excluding hydrogens is 212 g/mol. The number of hydrogen-bond donors (Lipinski definition) is 1. The van der Waals surface area contributed by atoms with E-state index in [9.17, 15) is 0 Å². The van der Waals surface area contributed by atoms with E-state index in [1.165, 1.54) is 12.0 Å². The van der Waals surface area contributed by atoms with E-state index in [4.69, 9.17) is 4.74 Å². The van der Waals surface area contributed by atoms with Crippen molar-refractivity contribution in [2.75, 3.05) is 13.2 Å². The Balaban J connectivity index is 2.02. The second-order valence-corrected chi connectivity index (χ2v) is 4.83. The van der Waals surface area contributed by atoms with Gasteiger partial charge in [0.2, 0.25) is 0 Å². The zero-order valence-corrected chi connectivity index (χ0v) is 10.7. The monoisotopic (exact) mass is 234 g/mol. The van der Waals surface area contributed by atoms with Crippen molar-refractivity contribution < 1.29 is 4.74 Å². The van der Waals surface area contributed by atoms with E-state index in [2.05, 4.69) is 30.2 Å². The summed E-state index contributed by atoms with van der Waals surface area (Å²) >= 11 is 0. The highest BCUT2D eigenvalue weighted by Gasteiger charge is 2.31. The van der Waals surface area contributed by atoms with Crippen LogP contribution in [0, 0.1) is 5.92 Å². The van der Waals surface area contributed by atoms with E-state index in [1.54, 1.807) is 0 Å². The third-order valence-electron chi connectivity index (χ3n) is 3.49. The number of rotatable bonds is 5. The van der Waals surface area contributed by atoms with Crippen LogP contribution in [0.15, 0.2) is 24.5 Å². The number of nitrogens with zero attached hydrogens (tertiary/aromatic N) is 1. The fourth-order valence-electron chi connectivity index (χ4n) is 2.57. The Bertz CT molecular complexity index is 328. The maximum atomic E-state index is 5.87. The Morgan fingerprint density at radius 2 is 2.47 bits per heavy atom. The first-order valence-corrected chi connectivity index (χ1v) is 6.55. The van der Waals surface area contributed by atoms with Gasteiger partial charge in [-0.15, -0.1) is 0 Å². The number of aromatic nitrogens is 1. The van der Waals surface area contributed by atoms with Gasteiger partial charge in [0.15, 0.2) is 0 Å². The summed E-state index contributed by atoms with van der Waals surface area (Å²) in [6.45, 7) is 6.32. The summed E-state index contributed by atoms with van der Waals surface area (Å²) in [6, 6.07) is 4.54. The van der Waals surface area contributed by atoms with Gasteiger partial charge in [0.1, 0.15) is 0 Å². The zero-order valence-electron chi connectivity index (χ0n) is 10.7. The second kappa shape index (κ2) is 6.12. The molecular formula is C14H22N2O. The minimum absolute atomic E-state index is 0.343. The summed E-state index contributed by atoms with van der Waals surface area (Å²) in [4.78, 5) is 4.17. The molecule has 0 spiro atoms. The van der Waals surface area contributed by atoms with Gasteiger partial charge in [0.05, 0.1) is 6.10 Å². The number of ether oxygens (including phenoxy) is 1. The number of nitrogens with one attached hydrogen (secondary N) is 1. The molecule has 1 aromatic rings. The predicted octanol–water partition coefficient (Wildman–Crippen LogP) is 2.03. The average molecular weight is 234 g/mol. The van der Waals surface area contributed by atoms with E-state index >= 15 is 0 Å². The third kappa shape index (κ3) is 3.27. The maximum Gasteiger partial charge on any atom is 0.0757 e. The number of hydrogen-bond acceptors (Lipinski definition) is 3. The molecule has 94 valence electrons. The Hall–Kier alpha value is -0.930. The Labute approximate surface area is 104 Å². The molecule has 3 nitrogen and oxygen atoms in total. The zero-order chi connectivity index (χ0) is 12.1. The lowest BCUT2D eigenvalue weighted by molar-refractivity contribution is 0.0615. The molecule has 1 aromatic heterocycles. The van der Waals surface area contributed by atoms with E-state index < -0.39 is 0 Å². The molecule has 1 aliphatic rings. The van der Waals surface area contributed by atoms with Crippen LogP contribution in [-0.4, -0.2) is 30.3 Å². The van der Waals surface area contributed by atoms with Gasteiger partial charge in [0, 0.05) is 25.0 Å². The van der Waals surface area contributed by atoms with Crippen LogP contribution in [-0.2, 0) is 11.2 Å². The molecule has 3 heteroatoms. The van der Waals surface area contributed by atoms with Crippen molar-refractivity contribution in [1.82, 2.24) is 10.3 Å². The molecule has 0 bridgehead atoms. The van der Waals surface area contributed by atoms with Crippen LogP contribution >= 0.6 is 0 Å². The summed E-state index contributed by atoms with van der Waals surface area (Å²) in [6.07, 6.45) is 6.29. The standard InChI is InChI=1S/C14H22N2O/c1-3-16-13(14-11(2)6-8-17-14)9-12-5-4-7-15-10-12/h4-5,7,10-11,13-14,16H,3,6,8-9H2,1-2H3. The van der Waals surface area contributed by atoms with Crippen molar-refractivity contribution in [3.05, 3.63) is 30.1 Å². The quantitative estimate of drug-likeness (QED) is 0.846. The molecule has 0 amide bonds. The SMILES string of the molecule is CCNC(Cc1cccnc1)C1OCCC1C. The molecule has 0 aromatic carbocycles. The summed E-state index contributed by atoms with van der Waals surface area (Å²) in [5.41, 5.74) is 1.28. The third-order valence-corrected chi connectivity index (χ3v) is 3.49. The van der Waals surface area contributed by atoms with E-state index in [-0.39, 0.29) is 0 Å². The van der Waals surface area contributed by atoms with Crippen LogP contribution in [0.3, 0.4) is 0 Å². The Morgan fingerprint density at radius 1 is 1.59 bits per heavy atom. The molecule has 2 rings (SSSR count). The molecule has 2 heterocycles. The molecule has 17 heavy (non-hydrogen) atoms. The predicted molar refractivity (Wildman–Crippen MR) is 68.9 cm³/mol. The van der Waals surface area contributed by atoms with Gasteiger partial charge in [-0.1, -0.05) is 19.9 Å². The highest BCUT2D eigenvalue weighted by atomic mass is 16.5. The fraction of sp³-hybridized carbons (Fsp3) is 0.643. The number of pyridine rings is 1. The fourth-order valence-corrected chi connectivity index (χ4v) is 2.57. The van der Waals surface area contributed by atoms with Crippen LogP contribution < -0.4 is 5.32 Å². The first-order chi connectivity index (χ1) is 8.31. The first-order valence-electron chi connectivity index (χ1n) is 6.55. The van der Waals surface area contributed by atoms with Crippen LogP contribution in [0.4, 0.5) is 0 Å². The second-order valence-electron chi connectivity index (χ2n) is 4.83. The lowest BCUT2D eigenvalue weighted by atomic mass is 9.93. The topological polar surface area (TPSA) is 34.2 Å². The molecule has 1 N–H and O–H groups in total. The van der Waals surface area contributed by atoms with Crippen molar-refractivity contribution in [2.24, 2.45) is 5.92 Å². The van der Waals surface area contributed by atoms with Crippen molar-refractivity contribution in [1.29, 1.82) is 0 Å². The smallest absolute Gasteiger partial charge is 0.0757 e. The minimum atomic E-state index is 0.343. The summed E-state index contributed by atoms with van der Waals surface area (Å²) in [5.74, 6) is 0.649. The van der Waals surface area contributed by atoms with Gasteiger partial charge in [-0.25, -0.2) is 0 Å². The molecule has 0 aliphatic carbocycles. The molecule has 1 aliphatic heterocycles. The van der Waals surface area contributed by atoms with Crippen molar-refractivity contribution >= 4 is 0 Å². The summed E-state index contributed by atoms with van der Waals surface area (Å²) < 4.78 is 5.87. The molecule has 3 atom stereocenters. The van der Waals surface area contributed by atoms with Crippen LogP contribution in [0.1, 0.15) is 25.8 Å². The van der Waals surface area contributed by atoms with Gasteiger partial charge < -0.3 is 10.1 Å². The lowest BCUT2D eigenvalue weighted by Gasteiger charge is -2.26. The molecule has 3 unspecified atom stereocenters. The van der Waals surface area contributed by atoms with Gasteiger partial charge in [0.25, 0.3) is 0 Å². The van der Waals surface area contributed by atoms with Crippen molar-refractivity contribution in [3.63, 3.8) is 0 Å². The maximum absolute atomic E-state index is 5.87. The van der Waals surface area contributed by atoms with Crippen molar-refractivity contribution in [3.8, 4) is 0 Å². The van der Waals surface area contributed by atoms with Gasteiger partial charge in [-0.3, -0.25) is 4.98 Å². The summed E-state index contributed by atoms with van der Waals surface area (Å²) in [7, 11) is 0. The van der Waals surface area contributed by atoms with E-state index in [0.29, 0.717) is 18.1 Å². The van der Waals surface area contributed by atoms with Crippen LogP contribution in [0.25, 0.3) is 0 Å². The largest absolute Gasteiger partial charge is 0.376 e. The minimum Gasteiger partial charge on any atom is -0.376 e. The Morgan fingerprint density at radius 3 is 3.06 bits per heavy atom.